The normalized spacial score (nSPS) is 12.2. The zero-order valence-corrected chi connectivity index (χ0v) is 11.3. The van der Waals surface area contributed by atoms with Gasteiger partial charge in [0.05, 0.1) is 7.11 Å². The smallest absolute Gasteiger partial charge is 0.323 e. The molecule has 1 unspecified atom stereocenters. The zero-order chi connectivity index (χ0) is 13.5. The second kappa shape index (κ2) is 7.17. The standard InChI is InChI=1S/C11H17N3O3S/c1-3-4-7-5-9(15)14-11(13-7)18-6-8(12)10(16)17-2/h5,8H,3-4,6,12H2,1-2H3,(H,13,14,15). The van der Waals surface area contributed by atoms with Crippen molar-refractivity contribution < 1.29 is 9.53 Å². The Morgan fingerprint density at radius 2 is 2.39 bits per heavy atom. The van der Waals surface area contributed by atoms with Gasteiger partial charge in [0, 0.05) is 17.5 Å². The number of hydrogen-bond donors (Lipinski definition) is 2. The minimum absolute atomic E-state index is 0.192. The van der Waals surface area contributed by atoms with Gasteiger partial charge in [0.25, 0.3) is 5.56 Å². The molecule has 0 spiro atoms. The van der Waals surface area contributed by atoms with Gasteiger partial charge in [0.2, 0.25) is 0 Å². The third-order valence-electron chi connectivity index (χ3n) is 2.18. The summed E-state index contributed by atoms with van der Waals surface area (Å²) in [5.41, 5.74) is 6.15. The van der Waals surface area contributed by atoms with Crippen LogP contribution in [0.3, 0.4) is 0 Å². The lowest BCUT2D eigenvalue weighted by molar-refractivity contribution is -0.141. The van der Waals surface area contributed by atoms with E-state index in [-0.39, 0.29) is 5.56 Å². The monoisotopic (exact) mass is 271 g/mol. The summed E-state index contributed by atoms with van der Waals surface area (Å²) in [5.74, 6) is -0.167. The molecule has 0 radical (unpaired) electrons. The predicted octanol–water partition coefficient (Wildman–Crippen LogP) is 0.315. The topological polar surface area (TPSA) is 98.1 Å². The lowest BCUT2D eigenvalue weighted by atomic mass is 10.2. The Balaban J connectivity index is 2.67. The molecule has 6 nitrogen and oxygen atoms in total. The van der Waals surface area contributed by atoms with E-state index in [0.717, 1.165) is 18.5 Å². The third kappa shape index (κ3) is 4.50. The highest BCUT2D eigenvalue weighted by Gasteiger charge is 2.14. The van der Waals surface area contributed by atoms with Crippen molar-refractivity contribution in [1.29, 1.82) is 0 Å². The van der Waals surface area contributed by atoms with Crippen molar-refractivity contribution in [2.45, 2.75) is 31.0 Å². The van der Waals surface area contributed by atoms with Crippen molar-refractivity contribution in [2.75, 3.05) is 12.9 Å². The molecule has 0 saturated carbocycles. The maximum Gasteiger partial charge on any atom is 0.323 e. The van der Waals surface area contributed by atoms with Gasteiger partial charge in [-0.2, -0.15) is 0 Å². The second-order valence-corrected chi connectivity index (χ2v) is 4.74. The highest BCUT2D eigenvalue weighted by molar-refractivity contribution is 7.99. The molecule has 0 aliphatic rings. The molecule has 0 bridgehead atoms. The Bertz CT molecular complexity index is 461. The van der Waals surface area contributed by atoms with Crippen LogP contribution in [0.25, 0.3) is 0 Å². The second-order valence-electron chi connectivity index (χ2n) is 3.73. The fourth-order valence-corrected chi connectivity index (χ4v) is 2.15. The number of methoxy groups -OCH3 is 1. The average molecular weight is 271 g/mol. The molecule has 100 valence electrons. The van der Waals surface area contributed by atoms with E-state index in [1.165, 1.54) is 24.9 Å². The molecule has 3 N–H and O–H groups in total. The Morgan fingerprint density at radius 3 is 3.00 bits per heavy atom. The zero-order valence-electron chi connectivity index (χ0n) is 10.4. The SMILES string of the molecule is CCCc1cc(=O)[nH]c(SCC(N)C(=O)OC)n1. The summed E-state index contributed by atoms with van der Waals surface area (Å²) < 4.78 is 4.52. The first-order valence-electron chi connectivity index (χ1n) is 5.63. The summed E-state index contributed by atoms with van der Waals surface area (Å²) in [6.45, 7) is 2.02. The number of rotatable bonds is 6. The number of aromatic nitrogens is 2. The Kier molecular flexibility index (Phi) is 5.87. The lowest BCUT2D eigenvalue weighted by Crippen LogP contribution is -2.34. The Labute approximate surface area is 109 Å². The van der Waals surface area contributed by atoms with Crippen molar-refractivity contribution in [2.24, 2.45) is 5.73 Å². The van der Waals surface area contributed by atoms with Gasteiger partial charge in [0.15, 0.2) is 5.16 Å². The number of carbonyl (C=O) groups is 1. The summed E-state index contributed by atoms with van der Waals surface area (Å²) in [4.78, 5) is 29.4. The predicted molar refractivity (Wildman–Crippen MR) is 69.6 cm³/mol. The summed E-state index contributed by atoms with van der Waals surface area (Å²) in [7, 11) is 1.29. The number of thioether (sulfide) groups is 1. The maximum atomic E-state index is 11.4. The van der Waals surface area contributed by atoms with E-state index in [2.05, 4.69) is 14.7 Å². The Hall–Kier alpha value is -1.34. The molecule has 0 aliphatic heterocycles. The number of nitrogens with zero attached hydrogens (tertiary/aromatic N) is 1. The van der Waals surface area contributed by atoms with Crippen LogP contribution in [0.1, 0.15) is 19.0 Å². The minimum Gasteiger partial charge on any atom is -0.468 e. The molecule has 0 amide bonds. The van der Waals surface area contributed by atoms with E-state index in [1.807, 2.05) is 6.92 Å². The quantitative estimate of drug-likeness (QED) is 0.439. The Morgan fingerprint density at radius 1 is 1.67 bits per heavy atom. The van der Waals surface area contributed by atoms with Crippen molar-refractivity contribution in [3.05, 3.63) is 22.1 Å². The number of nitrogens with two attached hydrogens (primary N) is 1. The molecule has 0 fully saturated rings. The summed E-state index contributed by atoms with van der Waals surface area (Å²) in [6.07, 6.45) is 1.67. The largest absolute Gasteiger partial charge is 0.468 e. The maximum absolute atomic E-state index is 11.4. The van der Waals surface area contributed by atoms with E-state index >= 15 is 0 Å². The fourth-order valence-electron chi connectivity index (χ4n) is 1.32. The molecule has 1 rings (SSSR count). The van der Waals surface area contributed by atoms with Crippen molar-refractivity contribution in [3.8, 4) is 0 Å². The van der Waals surface area contributed by atoms with Gasteiger partial charge in [-0.1, -0.05) is 25.1 Å². The summed E-state index contributed by atoms with van der Waals surface area (Å²) in [5, 5.41) is 0.477. The number of aromatic amines is 1. The highest BCUT2D eigenvalue weighted by Crippen LogP contribution is 2.13. The molecule has 7 heteroatoms. The van der Waals surface area contributed by atoms with Crippen LogP contribution in [0.2, 0.25) is 0 Å². The number of carbonyl (C=O) groups excluding carboxylic acids is 1. The number of esters is 1. The third-order valence-corrected chi connectivity index (χ3v) is 3.18. The number of H-pyrrole nitrogens is 1. The van der Waals surface area contributed by atoms with E-state index in [9.17, 15) is 9.59 Å². The molecular weight excluding hydrogens is 254 g/mol. The van der Waals surface area contributed by atoms with Crippen LogP contribution in [0, 0.1) is 0 Å². The van der Waals surface area contributed by atoms with Gasteiger partial charge in [-0.05, 0) is 6.42 Å². The van der Waals surface area contributed by atoms with E-state index < -0.39 is 12.0 Å². The highest BCUT2D eigenvalue weighted by atomic mass is 32.2. The average Bonchev–Trinajstić information content (AvgIpc) is 2.34. The van der Waals surface area contributed by atoms with Crippen LogP contribution in [0.5, 0.6) is 0 Å². The fraction of sp³-hybridized carbons (Fsp3) is 0.545. The van der Waals surface area contributed by atoms with E-state index in [0.29, 0.717) is 10.9 Å². The number of ether oxygens (including phenoxy) is 1. The molecule has 1 atom stereocenters. The van der Waals surface area contributed by atoms with Gasteiger partial charge in [-0.25, -0.2) is 4.98 Å². The van der Waals surface area contributed by atoms with Crippen LogP contribution >= 0.6 is 11.8 Å². The summed E-state index contributed by atoms with van der Waals surface area (Å²) in [6, 6.07) is 0.758. The molecule has 0 aromatic carbocycles. The van der Waals surface area contributed by atoms with Crippen molar-refractivity contribution in [1.82, 2.24) is 9.97 Å². The first-order chi connectivity index (χ1) is 8.56. The molecule has 1 aromatic rings. The number of nitrogens with one attached hydrogen (secondary N) is 1. The molecule has 1 aromatic heterocycles. The van der Waals surface area contributed by atoms with Crippen molar-refractivity contribution in [3.63, 3.8) is 0 Å². The van der Waals surface area contributed by atoms with Crippen LogP contribution in [-0.4, -0.2) is 34.8 Å². The van der Waals surface area contributed by atoms with Crippen LogP contribution in [-0.2, 0) is 16.0 Å². The van der Waals surface area contributed by atoms with Crippen LogP contribution in [0.15, 0.2) is 16.0 Å². The first-order valence-corrected chi connectivity index (χ1v) is 6.61. The van der Waals surface area contributed by atoms with Gasteiger partial charge >= 0.3 is 5.97 Å². The minimum atomic E-state index is -0.722. The lowest BCUT2D eigenvalue weighted by Gasteiger charge is -2.08. The number of hydrogen-bond acceptors (Lipinski definition) is 6. The molecule has 1 heterocycles. The van der Waals surface area contributed by atoms with Gasteiger partial charge in [0.1, 0.15) is 6.04 Å². The van der Waals surface area contributed by atoms with Crippen LogP contribution < -0.4 is 11.3 Å². The molecule has 0 aliphatic carbocycles. The molecular formula is C11H17N3O3S. The van der Waals surface area contributed by atoms with Crippen LogP contribution in [0.4, 0.5) is 0 Å². The molecule has 18 heavy (non-hydrogen) atoms. The molecule has 0 saturated heterocycles. The van der Waals surface area contributed by atoms with Crippen molar-refractivity contribution >= 4 is 17.7 Å². The van der Waals surface area contributed by atoms with Gasteiger partial charge in [-0.3, -0.25) is 9.59 Å². The van der Waals surface area contributed by atoms with Gasteiger partial charge < -0.3 is 15.5 Å². The van der Waals surface area contributed by atoms with E-state index in [4.69, 9.17) is 5.73 Å². The first kappa shape index (κ1) is 14.7. The van der Waals surface area contributed by atoms with Gasteiger partial charge in [-0.15, -0.1) is 0 Å². The van der Waals surface area contributed by atoms with E-state index in [1.54, 1.807) is 0 Å². The summed E-state index contributed by atoms with van der Waals surface area (Å²) >= 11 is 1.23. The number of aryl methyl sites for hydroxylation is 1.